The van der Waals surface area contributed by atoms with E-state index in [0.29, 0.717) is 6.42 Å². The van der Waals surface area contributed by atoms with E-state index < -0.39 is 41.1 Å². The van der Waals surface area contributed by atoms with E-state index in [4.69, 9.17) is 0 Å². The van der Waals surface area contributed by atoms with E-state index >= 15 is 0 Å². The van der Waals surface area contributed by atoms with Gasteiger partial charge >= 0.3 is 11.9 Å². The van der Waals surface area contributed by atoms with Crippen LogP contribution in [0.25, 0.3) is 0 Å². The van der Waals surface area contributed by atoms with Crippen molar-refractivity contribution in [2.75, 3.05) is 14.2 Å². The summed E-state index contributed by atoms with van der Waals surface area (Å²) < 4.78 is 9.18. The minimum Gasteiger partial charge on any atom is -0.467 e. The summed E-state index contributed by atoms with van der Waals surface area (Å²) in [6.45, 7) is 5.08. The quantitative estimate of drug-likeness (QED) is 0.536. The molecular weight excluding hydrogens is 278 g/mol. The third-order valence-corrected chi connectivity index (χ3v) is 3.99. The van der Waals surface area contributed by atoms with Crippen molar-refractivity contribution in [2.45, 2.75) is 45.7 Å². The minimum absolute atomic E-state index is 0.102. The van der Waals surface area contributed by atoms with Crippen LogP contribution in [0.15, 0.2) is 0 Å². The Kier molecular flexibility index (Phi) is 5.09. The Morgan fingerprint density at radius 1 is 1.05 bits per heavy atom. The summed E-state index contributed by atoms with van der Waals surface area (Å²) in [5.41, 5.74) is -0.853. The molecule has 1 aliphatic heterocycles. The summed E-state index contributed by atoms with van der Waals surface area (Å²) in [4.78, 5) is 48.8. The highest BCUT2D eigenvalue weighted by Gasteiger charge is 2.53. The summed E-state index contributed by atoms with van der Waals surface area (Å²) in [5, 5.41) is 0. The number of methoxy groups -OCH3 is 2. The van der Waals surface area contributed by atoms with E-state index in [2.05, 4.69) is 9.47 Å². The molecule has 0 saturated carbocycles. The van der Waals surface area contributed by atoms with Gasteiger partial charge in [0, 0.05) is 11.8 Å². The van der Waals surface area contributed by atoms with Crippen LogP contribution in [0.5, 0.6) is 0 Å². The zero-order chi connectivity index (χ0) is 16.4. The number of ether oxygens (including phenoxy) is 2. The van der Waals surface area contributed by atoms with Crippen LogP contribution in [-0.2, 0) is 28.7 Å². The van der Waals surface area contributed by atoms with Gasteiger partial charge in [0.25, 0.3) is 5.91 Å². The first-order chi connectivity index (χ1) is 9.71. The summed E-state index contributed by atoms with van der Waals surface area (Å²) >= 11 is 0. The molecule has 1 saturated heterocycles. The fraction of sp³-hybridized carbons (Fsp3) is 0.714. The van der Waals surface area contributed by atoms with Crippen molar-refractivity contribution in [3.63, 3.8) is 0 Å². The molecule has 7 heteroatoms. The number of carbonyl (C=O) groups excluding carboxylic acids is 4. The fourth-order valence-electron chi connectivity index (χ4n) is 2.06. The molecule has 0 aliphatic carbocycles. The van der Waals surface area contributed by atoms with Crippen LogP contribution in [0.4, 0.5) is 0 Å². The lowest BCUT2D eigenvalue weighted by Gasteiger charge is -2.45. The molecule has 0 radical (unpaired) electrons. The van der Waals surface area contributed by atoms with Crippen molar-refractivity contribution in [1.82, 2.24) is 4.90 Å². The number of rotatable bonds is 5. The molecule has 0 aromatic rings. The van der Waals surface area contributed by atoms with Crippen LogP contribution in [-0.4, -0.2) is 54.8 Å². The van der Waals surface area contributed by atoms with Gasteiger partial charge in [-0.1, -0.05) is 20.8 Å². The number of likely N-dealkylation sites (tertiary alicyclic amines) is 1. The van der Waals surface area contributed by atoms with E-state index in [1.54, 1.807) is 20.8 Å². The maximum Gasteiger partial charge on any atom is 0.328 e. The van der Waals surface area contributed by atoms with Gasteiger partial charge in [0.2, 0.25) is 5.78 Å². The number of hydrogen-bond acceptors (Lipinski definition) is 6. The minimum atomic E-state index is -0.914. The van der Waals surface area contributed by atoms with Gasteiger partial charge in [-0.25, -0.2) is 9.59 Å². The second-order valence-corrected chi connectivity index (χ2v) is 5.59. The van der Waals surface area contributed by atoms with Crippen molar-refractivity contribution in [3.05, 3.63) is 0 Å². The van der Waals surface area contributed by atoms with Gasteiger partial charge in [0.15, 0.2) is 0 Å². The molecule has 2 unspecified atom stereocenters. The molecule has 0 N–H and O–H groups in total. The summed E-state index contributed by atoms with van der Waals surface area (Å²) in [6.07, 6.45) is 0.572. The predicted molar refractivity (Wildman–Crippen MR) is 72.2 cm³/mol. The van der Waals surface area contributed by atoms with Gasteiger partial charge in [-0.3, -0.25) is 9.59 Å². The number of carbonyl (C=O) groups is 4. The molecule has 7 nitrogen and oxygen atoms in total. The first-order valence-corrected chi connectivity index (χ1v) is 6.74. The summed E-state index contributed by atoms with van der Waals surface area (Å²) in [7, 11) is 2.38. The first kappa shape index (κ1) is 17.1. The monoisotopic (exact) mass is 299 g/mol. The van der Waals surface area contributed by atoms with Crippen molar-refractivity contribution in [1.29, 1.82) is 0 Å². The largest absolute Gasteiger partial charge is 0.467 e. The lowest BCUT2D eigenvalue weighted by Crippen LogP contribution is -2.67. The van der Waals surface area contributed by atoms with Crippen LogP contribution in [0.3, 0.4) is 0 Å². The van der Waals surface area contributed by atoms with Gasteiger partial charge in [-0.15, -0.1) is 0 Å². The number of amides is 1. The smallest absolute Gasteiger partial charge is 0.328 e. The normalized spacial score (nSPS) is 21.3. The lowest BCUT2D eigenvalue weighted by molar-refractivity contribution is -0.177. The molecular formula is C14H21NO6. The van der Waals surface area contributed by atoms with E-state index in [1.165, 1.54) is 14.2 Å². The highest BCUT2D eigenvalue weighted by Crippen LogP contribution is 2.31. The maximum absolute atomic E-state index is 12.4. The van der Waals surface area contributed by atoms with Gasteiger partial charge in [-0.2, -0.15) is 0 Å². The SMILES string of the molecule is CCC(C)(C)C(=O)C(=O)N1C(C(=O)OC)CC1C(=O)OC. The maximum atomic E-state index is 12.4. The Balaban J connectivity index is 3.01. The highest BCUT2D eigenvalue weighted by molar-refractivity contribution is 6.38. The molecule has 1 rings (SSSR count). The zero-order valence-electron chi connectivity index (χ0n) is 13.0. The number of Topliss-reactive ketones (excluding diaryl/α,β-unsaturated/α-hetero) is 1. The van der Waals surface area contributed by atoms with Gasteiger partial charge in [0.05, 0.1) is 14.2 Å². The third-order valence-electron chi connectivity index (χ3n) is 3.99. The fourth-order valence-corrected chi connectivity index (χ4v) is 2.06. The summed E-state index contributed by atoms with van der Waals surface area (Å²) in [6, 6.07) is -1.83. The molecule has 2 atom stereocenters. The topological polar surface area (TPSA) is 90.0 Å². The Bertz CT molecular complexity index is 448. The molecule has 1 aliphatic rings. The number of hydrogen-bond donors (Lipinski definition) is 0. The zero-order valence-corrected chi connectivity index (χ0v) is 13.0. The van der Waals surface area contributed by atoms with Crippen LogP contribution < -0.4 is 0 Å². The average Bonchev–Trinajstić information content (AvgIpc) is 2.44. The predicted octanol–water partition coefficient (Wildman–Crippen LogP) is 0.307. The Morgan fingerprint density at radius 2 is 1.48 bits per heavy atom. The van der Waals surface area contributed by atoms with Gasteiger partial charge < -0.3 is 14.4 Å². The average molecular weight is 299 g/mol. The van der Waals surface area contributed by atoms with Crippen LogP contribution in [0, 0.1) is 5.41 Å². The number of esters is 2. The molecule has 0 spiro atoms. The number of nitrogens with zero attached hydrogens (tertiary/aromatic N) is 1. The van der Waals surface area contributed by atoms with E-state index in [1.807, 2.05) is 0 Å². The molecule has 1 heterocycles. The lowest BCUT2D eigenvalue weighted by atomic mass is 9.82. The molecule has 0 bridgehead atoms. The Morgan fingerprint density at radius 3 is 1.81 bits per heavy atom. The second kappa shape index (κ2) is 6.24. The number of ketones is 1. The van der Waals surface area contributed by atoms with Crippen molar-refractivity contribution >= 4 is 23.6 Å². The van der Waals surface area contributed by atoms with Crippen LogP contribution in [0.1, 0.15) is 33.6 Å². The first-order valence-electron chi connectivity index (χ1n) is 6.74. The molecule has 118 valence electrons. The Labute approximate surface area is 123 Å². The molecule has 0 aromatic carbocycles. The van der Waals surface area contributed by atoms with Crippen molar-refractivity contribution in [3.8, 4) is 0 Å². The van der Waals surface area contributed by atoms with Gasteiger partial charge in [0.1, 0.15) is 12.1 Å². The van der Waals surface area contributed by atoms with E-state index in [0.717, 1.165) is 4.90 Å². The van der Waals surface area contributed by atoms with E-state index in [-0.39, 0.29) is 6.42 Å². The van der Waals surface area contributed by atoms with Crippen LogP contribution >= 0.6 is 0 Å². The van der Waals surface area contributed by atoms with Crippen molar-refractivity contribution in [2.24, 2.45) is 5.41 Å². The molecule has 1 fully saturated rings. The highest BCUT2D eigenvalue weighted by atomic mass is 16.5. The van der Waals surface area contributed by atoms with E-state index in [9.17, 15) is 19.2 Å². The molecule has 21 heavy (non-hydrogen) atoms. The molecule has 1 amide bonds. The Hall–Kier alpha value is -1.92. The third kappa shape index (κ3) is 3.06. The molecule has 0 aromatic heterocycles. The van der Waals surface area contributed by atoms with Gasteiger partial charge in [-0.05, 0) is 6.42 Å². The second-order valence-electron chi connectivity index (χ2n) is 5.59. The van der Waals surface area contributed by atoms with Crippen molar-refractivity contribution < 1.29 is 28.7 Å². The summed E-state index contributed by atoms with van der Waals surface area (Å²) in [5.74, 6) is -2.78. The standard InChI is InChI=1S/C14H21NO6/c1-6-14(2,3)10(16)11(17)15-8(12(18)20-4)7-9(15)13(19)21-5/h8-9H,6-7H2,1-5H3. The van der Waals surface area contributed by atoms with Crippen LogP contribution in [0.2, 0.25) is 0 Å².